The Hall–Kier alpha value is -2.13. The molecule has 4 heteroatoms. The predicted molar refractivity (Wildman–Crippen MR) is 137 cm³/mol. The molecule has 0 bridgehead atoms. The van der Waals surface area contributed by atoms with E-state index in [9.17, 15) is 0 Å². The summed E-state index contributed by atoms with van der Waals surface area (Å²) in [6.07, 6.45) is 10.8. The minimum absolute atomic E-state index is 0.162. The van der Waals surface area contributed by atoms with Crippen molar-refractivity contribution in [3.8, 4) is 22.4 Å². The Balaban J connectivity index is 1.76. The number of aromatic nitrogens is 2. The summed E-state index contributed by atoms with van der Waals surface area (Å²) in [7, 11) is 0. The van der Waals surface area contributed by atoms with Crippen molar-refractivity contribution in [2.45, 2.75) is 78.2 Å². The van der Waals surface area contributed by atoms with Gasteiger partial charge in [-0.3, -0.25) is 4.68 Å². The molecule has 0 unspecified atom stereocenters. The summed E-state index contributed by atoms with van der Waals surface area (Å²) in [5.41, 5.74) is 4.50. The Bertz CT molecular complexity index is 1040. The lowest BCUT2D eigenvalue weighted by atomic mass is 9.80. The lowest BCUT2D eigenvalue weighted by Gasteiger charge is -2.28. The third-order valence-corrected chi connectivity index (χ3v) is 7.48. The van der Waals surface area contributed by atoms with Crippen LogP contribution in [0.25, 0.3) is 22.4 Å². The normalized spacial score (nSPS) is 18.5. The molecule has 1 aromatic heterocycles. The zero-order valence-electron chi connectivity index (χ0n) is 20.0. The molecule has 0 amide bonds. The second-order valence-electron chi connectivity index (χ2n) is 9.60. The first-order valence-electron chi connectivity index (χ1n) is 12.7. The SMILES string of the molecule is CCCCc1c(-c2cccc(Cl)c2F)c(-c2ccccc2)nn1CC1CCC(CCC)CC1. The van der Waals surface area contributed by atoms with E-state index in [0.29, 0.717) is 11.5 Å². The molecule has 0 radical (unpaired) electrons. The molecule has 1 aliphatic carbocycles. The maximum absolute atomic E-state index is 15.3. The van der Waals surface area contributed by atoms with Gasteiger partial charge in [-0.1, -0.05) is 100 Å². The van der Waals surface area contributed by atoms with Crippen LogP contribution in [0.1, 0.15) is 70.9 Å². The molecule has 0 atom stereocenters. The number of rotatable bonds is 9. The molecule has 2 aromatic carbocycles. The van der Waals surface area contributed by atoms with Crippen molar-refractivity contribution in [1.29, 1.82) is 0 Å². The lowest BCUT2D eigenvalue weighted by molar-refractivity contribution is 0.235. The molecule has 0 saturated heterocycles. The highest BCUT2D eigenvalue weighted by Gasteiger charge is 2.26. The molecular weight excluding hydrogens is 431 g/mol. The second kappa shape index (κ2) is 11.3. The van der Waals surface area contributed by atoms with E-state index in [1.165, 1.54) is 38.5 Å². The van der Waals surface area contributed by atoms with Crippen molar-refractivity contribution in [1.82, 2.24) is 9.78 Å². The summed E-state index contributed by atoms with van der Waals surface area (Å²) in [5.74, 6) is 1.17. The minimum Gasteiger partial charge on any atom is -0.268 e. The average molecular weight is 467 g/mol. The zero-order valence-corrected chi connectivity index (χ0v) is 20.8. The Morgan fingerprint density at radius 3 is 2.36 bits per heavy atom. The third kappa shape index (κ3) is 5.51. The number of unbranched alkanes of at least 4 members (excludes halogenated alkanes) is 1. The highest BCUT2D eigenvalue weighted by Crippen LogP contribution is 2.40. The van der Waals surface area contributed by atoms with Crippen molar-refractivity contribution >= 4 is 11.6 Å². The monoisotopic (exact) mass is 466 g/mol. The number of hydrogen-bond donors (Lipinski definition) is 0. The van der Waals surface area contributed by atoms with Crippen molar-refractivity contribution in [3.63, 3.8) is 0 Å². The molecule has 1 heterocycles. The van der Waals surface area contributed by atoms with E-state index in [-0.39, 0.29) is 10.8 Å². The highest BCUT2D eigenvalue weighted by atomic mass is 35.5. The molecule has 1 fully saturated rings. The van der Waals surface area contributed by atoms with Crippen molar-refractivity contribution < 1.29 is 4.39 Å². The van der Waals surface area contributed by atoms with Crippen LogP contribution in [-0.2, 0) is 13.0 Å². The standard InChI is InChI=1S/C29H36ClFN2/c1-3-5-15-26-27(24-13-9-14-25(30)28(24)31)29(23-11-7-6-8-12-23)32-33(26)20-22-18-16-21(10-4-2)17-19-22/h6-9,11-14,21-22H,3-5,10,15-20H2,1-2H3. The summed E-state index contributed by atoms with van der Waals surface area (Å²) in [4.78, 5) is 0. The van der Waals surface area contributed by atoms with Gasteiger partial charge in [-0.2, -0.15) is 5.10 Å². The Morgan fingerprint density at radius 2 is 1.67 bits per heavy atom. The van der Waals surface area contributed by atoms with Gasteiger partial charge in [0.2, 0.25) is 0 Å². The van der Waals surface area contributed by atoms with Crippen LogP contribution >= 0.6 is 11.6 Å². The molecule has 3 aromatic rings. The van der Waals surface area contributed by atoms with Gasteiger partial charge in [0.05, 0.1) is 5.02 Å². The maximum atomic E-state index is 15.3. The van der Waals surface area contributed by atoms with Crippen LogP contribution in [0, 0.1) is 17.7 Å². The maximum Gasteiger partial charge on any atom is 0.149 e. The fourth-order valence-electron chi connectivity index (χ4n) is 5.38. The van der Waals surface area contributed by atoms with E-state index in [0.717, 1.165) is 54.2 Å². The van der Waals surface area contributed by atoms with Gasteiger partial charge in [-0.15, -0.1) is 0 Å². The quantitative estimate of drug-likeness (QED) is 0.307. The summed E-state index contributed by atoms with van der Waals surface area (Å²) in [6.45, 7) is 5.41. The van der Waals surface area contributed by atoms with Gasteiger partial charge in [0.1, 0.15) is 11.5 Å². The van der Waals surface area contributed by atoms with Crippen LogP contribution in [-0.4, -0.2) is 9.78 Å². The molecule has 2 nitrogen and oxygen atoms in total. The molecule has 1 aliphatic rings. The molecular formula is C29H36ClFN2. The van der Waals surface area contributed by atoms with E-state index >= 15 is 4.39 Å². The summed E-state index contributed by atoms with van der Waals surface area (Å²) < 4.78 is 17.5. The fraction of sp³-hybridized carbons (Fsp3) is 0.483. The zero-order chi connectivity index (χ0) is 23.2. The molecule has 176 valence electrons. The van der Waals surface area contributed by atoms with Crippen molar-refractivity contribution in [3.05, 3.63) is 65.1 Å². The van der Waals surface area contributed by atoms with Gasteiger partial charge in [-0.05, 0) is 43.6 Å². The first-order valence-corrected chi connectivity index (χ1v) is 13.1. The summed E-state index contributed by atoms with van der Waals surface area (Å²) in [5, 5.41) is 5.30. The van der Waals surface area contributed by atoms with E-state index in [4.69, 9.17) is 16.7 Å². The van der Waals surface area contributed by atoms with Gasteiger partial charge < -0.3 is 0 Å². The molecule has 1 saturated carbocycles. The van der Waals surface area contributed by atoms with E-state index < -0.39 is 0 Å². The van der Waals surface area contributed by atoms with Crippen LogP contribution in [0.3, 0.4) is 0 Å². The molecule has 4 rings (SSSR count). The highest BCUT2D eigenvalue weighted by molar-refractivity contribution is 6.31. The third-order valence-electron chi connectivity index (χ3n) is 7.19. The van der Waals surface area contributed by atoms with Crippen LogP contribution < -0.4 is 0 Å². The summed E-state index contributed by atoms with van der Waals surface area (Å²) in [6, 6.07) is 15.5. The van der Waals surface area contributed by atoms with Gasteiger partial charge >= 0.3 is 0 Å². The number of halogens is 2. The topological polar surface area (TPSA) is 17.8 Å². The van der Waals surface area contributed by atoms with Gasteiger partial charge in [0.15, 0.2) is 0 Å². The van der Waals surface area contributed by atoms with Crippen LogP contribution in [0.15, 0.2) is 48.5 Å². The minimum atomic E-state index is -0.353. The average Bonchev–Trinajstić information content (AvgIpc) is 3.19. The molecule has 33 heavy (non-hydrogen) atoms. The second-order valence-corrected chi connectivity index (χ2v) is 10.0. The Labute approximate surface area is 203 Å². The lowest BCUT2D eigenvalue weighted by Crippen LogP contribution is -2.20. The Kier molecular flexibility index (Phi) is 8.25. The largest absolute Gasteiger partial charge is 0.268 e. The first-order chi connectivity index (χ1) is 16.1. The number of benzene rings is 2. The Morgan fingerprint density at radius 1 is 0.939 bits per heavy atom. The van der Waals surface area contributed by atoms with Gasteiger partial charge in [0, 0.05) is 28.9 Å². The first kappa shape index (κ1) is 24.0. The van der Waals surface area contributed by atoms with E-state index in [1.54, 1.807) is 6.07 Å². The molecule has 0 spiro atoms. The van der Waals surface area contributed by atoms with Crippen molar-refractivity contribution in [2.24, 2.45) is 11.8 Å². The summed E-state index contributed by atoms with van der Waals surface area (Å²) >= 11 is 6.22. The van der Waals surface area contributed by atoms with Crippen LogP contribution in [0.5, 0.6) is 0 Å². The number of hydrogen-bond acceptors (Lipinski definition) is 1. The van der Waals surface area contributed by atoms with Crippen LogP contribution in [0.2, 0.25) is 5.02 Å². The smallest absolute Gasteiger partial charge is 0.149 e. The molecule has 0 N–H and O–H groups in total. The fourth-order valence-corrected chi connectivity index (χ4v) is 5.55. The number of nitrogens with zero attached hydrogens (tertiary/aromatic N) is 2. The van der Waals surface area contributed by atoms with Crippen LogP contribution in [0.4, 0.5) is 4.39 Å². The van der Waals surface area contributed by atoms with Gasteiger partial charge in [0.25, 0.3) is 0 Å². The molecule has 0 aliphatic heterocycles. The van der Waals surface area contributed by atoms with Gasteiger partial charge in [-0.25, -0.2) is 4.39 Å². The van der Waals surface area contributed by atoms with E-state index in [1.807, 2.05) is 30.3 Å². The predicted octanol–water partition coefficient (Wildman–Crippen LogP) is 8.96. The van der Waals surface area contributed by atoms with E-state index in [2.05, 4.69) is 30.7 Å². The van der Waals surface area contributed by atoms with Crippen molar-refractivity contribution in [2.75, 3.05) is 0 Å².